The van der Waals surface area contributed by atoms with Gasteiger partial charge in [0.15, 0.2) is 5.60 Å². The zero-order chi connectivity index (χ0) is 15.7. The zero-order valence-electron chi connectivity index (χ0n) is 11.8. The first-order chi connectivity index (χ1) is 10.5. The number of fused-ring (bicyclic) bond motifs is 1. The van der Waals surface area contributed by atoms with Crippen LogP contribution in [0.4, 0.5) is 5.69 Å². The van der Waals surface area contributed by atoms with Gasteiger partial charge in [-0.2, -0.15) is 5.10 Å². The lowest BCUT2D eigenvalue weighted by molar-refractivity contribution is -0.133. The molecule has 0 unspecified atom stereocenters. The number of amides is 1. The van der Waals surface area contributed by atoms with E-state index in [0.29, 0.717) is 11.3 Å². The Morgan fingerprint density at radius 1 is 1.27 bits per heavy atom. The Morgan fingerprint density at radius 3 is 2.73 bits per heavy atom. The number of H-pyrrole nitrogens is 1. The van der Waals surface area contributed by atoms with Crippen LogP contribution in [0.3, 0.4) is 0 Å². The van der Waals surface area contributed by atoms with E-state index < -0.39 is 11.5 Å². The molecular formula is C16H14BrN3O2. The van der Waals surface area contributed by atoms with Crippen molar-refractivity contribution in [3.8, 4) is 0 Å². The van der Waals surface area contributed by atoms with Crippen molar-refractivity contribution in [3.05, 3.63) is 58.7 Å². The molecule has 1 amide bonds. The predicted octanol–water partition coefficient (Wildman–Crippen LogP) is 3.17. The molecule has 0 aliphatic rings. The molecule has 3 rings (SSSR count). The van der Waals surface area contributed by atoms with Gasteiger partial charge in [-0.25, -0.2) is 0 Å². The van der Waals surface area contributed by atoms with E-state index in [1.54, 1.807) is 42.6 Å². The second kappa shape index (κ2) is 5.55. The van der Waals surface area contributed by atoms with E-state index >= 15 is 0 Å². The summed E-state index contributed by atoms with van der Waals surface area (Å²) in [5.41, 5.74) is 0.401. The number of aromatic nitrogens is 2. The van der Waals surface area contributed by atoms with Crippen molar-refractivity contribution in [3.63, 3.8) is 0 Å². The van der Waals surface area contributed by atoms with Gasteiger partial charge in [-0.1, -0.05) is 28.1 Å². The number of carbonyl (C=O) groups is 1. The molecule has 1 atom stereocenters. The molecule has 1 heterocycles. The molecule has 1 aromatic heterocycles. The average Bonchev–Trinajstić information content (AvgIpc) is 2.95. The van der Waals surface area contributed by atoms with Gasteiger partial charge in [-0.3, -0.25) is 9.89 Å². The lowest BCUT2D eigenvalue weighted by atomic mass is 9.95. The topological polar surface area (TPSA) is 78.0 Å². The Labute approximate surface area is 135 Å². The van der Waals surface area contributed by atoms with Crippen LogP contribution in [0.2, 0.25) is 0 Å². The van der Waals surface area contributed by atoms with E-state index in [2.05, 4.69) is 31.4 Å². The molecule has 0 bridgehead atoms. The lowest BCUT2D eigenvalue weighted by Gasteiger charge is -2.23. The summed E-state index contributed by atoms with van der Waals surface area (Å²) in [7, 11) is 0. The molecule has 6 heteroatoms. The molecule has 0 spiro atoms. The number of nitrogens with one attached hydrogen (secondary N) is 2. The molecular weight excluding hydrogens is 346 g/mol. The van der Waals surface area contributed by atoms with Crippen molar-refractivity contribution in [2.24, 2.45) is 0 Å². The van der Waals surface area contributed by atoms with Gasteiger partial charge >= 0.3 is 0 Å². The Bertz CT molecular complexity index is 825. The van der Waals surface area contributed by atoms with Crippen LogP contribution in [0.5, 0.6) is 0 Å². The molecule has 3 N–H and O–H groups in total. The zero-order valence-corrected chi connectivity index (χ0v) is 13.4. The van der Waals surface area contributed by atoms with E-state index in [0.717, 1.165) is 15.4 Å². The van der Waals surface area contributed by atoms with Gasteiger partial charge in [-0.15, -0.1) is 0 Å². The summed E-state index contributed by atoms with van der Waals surface area (Å²) in [6, 6.07) is 12.4. The van der Waals surface area contributed by atoms with E-state index in [9.17, 15) is 9.90 Å². The number of carbonyl (C=O) groups excluding carboxylic acids is 1. The molecule has 0 fully saturated rings. The first-order valence-corrected chi connectivity index (χ1v) is 7.49. The number of halogens is 1. The maximum atomic E-state index is 12.4. The molecule has 0 radical (unpaired) electrons. The smallest absolute Gasteiger partial charge is 0.260 e. The SMILES string of the molecule is C[C@](O)(C(=O)Nc1ccc2[nH]ncc2c1)c1ccc(Br)cc1. The molecule has 22 heavy (non-hydrogen) atoms. The number of anilines is 1. The van der Waals surface area contributed by atoms with Crippen LogP contribution < -0.4 is 5.32 Å². The summed E-state index contributed by atoms with van der Waals surface area (Å²) >= 11 is 3.33. The first-order valence-electron chi connectivity index (χ1n) is 6.70. The number of hydrogen-bond acceptors (Lipinski definition) is 3. The fraction of sp³-hybridized carbons (Fsp3) is 0.125. The van der Waals surface area contributed by atoms with E-state index in [1.165, 1.54) is 6.92 Å². The standard InChI is InChI=1S/C16H14BrN3O2/c1-16(22,11-2-4-12(17)5-3-11)15(21)19-13-6-7-14-10(8-13)9-18-20-14/h2-9,22H,1H3,(H,18,20)(H,19,21)/t16-/m1/s1. The minimum atomic E-state index is -1.62. The summed E-state index contributed by atoms with van der Waals surface area (Å²) < 4.78 is 0.887. The minimum Gasteiger partial charge on any atom is -0.376 e. The number of benzene rings is 2. The van der Waals surface area contributed by atoms with Crippen LogP contribution in [-0.4, -0.2) is 21.2 Å². The molecule has 0 saturated heterocycles. The summed E-state index contributed by atoms with van der Waals surface area (Å²) in [6.07, 6.45) is 1.68. The Balaban J connectivity index is 1.84. The second-order valence-electron chi connectivity index (χ2n) is 5.21. The van der Waals surface area contributed by atoms with Gasteiger partial charge in [-0.05, 0) is 42.8 Å². The number of aromatic amines is 1. The van der Waals surface area contributed by atoms with Crippen LogP contribution in [0.25, 0.3) is 10.9 Å². The van der Waals surface area contributed by atoms with Gasteiger partial charge in [0.25, 0.3) is 5.91 Å². The normalized spacial score (nSPS) is 13.8. The quantitative estimate of drug-likeness (QED) is 0.671. The lowest BCUT2D eigenvalue weighted by Crippen LogP contribution is -2.37. The van der Waals surface area contributed by atoms with Crippen molar-refractivity contribution in [2.45, 2.75) is 12.5 Å². The van der Waals surface area contributed by atoms with Crippen molar-refractivity contribution >= 4 is 38.4 Å². The second-order valence-corrected chi connectivity index (χ2v) is 6.12. The van der Waals surface area contributed by atoms with E-state index in [-0.39, 0.29) is 0 Å². The summed E-state index contributed by atoms with van der Waals surface area (Å²) in [6.45, 7) is 1.47. The van der Waals surface area contributed by atoms with E-state index in [1.807, 2.05) is 6.07 Å². The first kappa shape index (κ1) is 14.7. The van der Waals surface area contributed by atoms with E-state index in [4.69, 9.17) is 0 Å². The van der Waals surface area contributed by atoms with Crippen LogP contribution in [0.15, 0.2) is 53.1 Å². The van der Waals surface area contributed by atoms with Crippen LogP contribution in [-0.2, 0) is 10.4 Å². The Kier molecular flexibility index (Phi) is 3.72. The summed E-state index contributed by atoms with van der Waals surface area (Å²) in [4.78, 5) is 12.4. The van der Waals surface area contributed by atoms with Gasteiger partial charge in [0.05, 0.1) is 11.7 Å². The largest absolute Gasteiger partial charge is 0.376 e. The molecule has 3 aromatic rings. The third-order valence-corrected chi connectivity index (χ3v) is 4.08. The van der Waals surface area contributed by atoms with Gasteiger partial charge < -0.3 is 10.4 Å². The Morgan fingerprint density at radius 2 is 2.00 bits per heavy atom. The minimum absolute atomic E-state index is 0.488. The number of aliphatic hydroxyl groups is 1. The highest BCUT2D eigenvalue weighted by Crippen LogP contribution is 2.25. The molecule has 5 nitrogen and oxygen atoms in total. The number of hydrogen-bond donors (Lipinski definition) is 3. The predicted molar refractivity (Wildman–Crippen MR) is 88.4 cm³/mol. The highest BCUT2D eigenvalue weighted by atomic mass is 79.9. The number of nitrogens with zero attached hydrogens (tertiary/aromatic N) is 1. The van der Waals surface area contributed by atoms with Crippen LogP contribution >= 0.6 is 15.9 Å². The van der Waals surface area contributed by atoms with Gasteiger partial charge in [0, 0.05) is 15.5 Å². The molecule has 0 saturated carbocycles. The average molecular weight is 360 g/mol. The molecule has 0 aliphatic heterocycles. The summed E-state index contributed by atoms with van der Waals surface area (Å²) in [5, 5.41) is 20.9. The van der Waals surface area contributed by atoms with Crippen molar-refractivity contribution < 1.29 is 9.90 Å². The molecule has 2 aromatic carbocycles. The highest BCUT2D eigenvalue weighted by molar-refractivity contribution is 9.10. The van der Waals surface area contributed by atoms with Crippen molar-refractivity contribution in [1.29, 1.82) is 0 Å². The molecule has 112 valence electrons. The van der Waals surface area contributed by atoms with Gasteiger partial charge in [0.1, 0.15) is 0 Å². The number of rotatable bonds is 3. The monoisotopic (exact) mass is 359 g/mol. The third-order valence-electron chi connectivity index (χ3n) is 3.55. The maximum Gasteiger partial charge on any atom is 0.260 e. The molecule has 0 aliphatic carbocycles. The van der Waals surface area contributed by atoms with Crippen LogP contribution in [0.1, 0.15) is 12.5 Å². The van der Waals surface area contributed by atoms with Gasteiger partial charge in [0.2, 0.25) is 0 Å². The third kappa shape index (κ3) is 2.75. The fourth-order valence-corrected chi connectivity index (χ4v) is 2.44. The Hall–Kier alpha value is -2.18. The maximum absolute atomic E-state index is 12.4. The van der Waals surface area contributed by atoms with Crippen molar-refractivity contribution in [1.82, 2.24) is 10.2 Å². The summed E-state index contributed by atoms with van der Waals surface area (Å²) in [5.74, 6) is -0.488. The van der Waals surface area contributed by atoms with Crippen LogP contribution in [0, 0.1) is 0 Å². The highest BCUT2D eigenvalue weighted by Gasteiger charge is 2.32. The van der Waals surface area contributed by atoms with Crippen molar-refractivity contribution in [2.75, 3.05) is 5.32 Å². The fourth-order valence-electron chi connectivity index (χ4n) is 2.18.